The minimum absolute atomic E-state index is 0.0226. The van der Waals surface area contributed by atoms with E-state index < -0.39 is 20.0 Å². The van der Waals surface area contributed by atoms with Gasteiger partial charge < -0.3 is 28.5 Å². The van der Waals surface area contributed by atoms with Gasteiger partial charge in [0.25, 0.3) is 7.82 Å². The second kappa shape index (κ2) is 61.8. The molecule has 0 aliphatic carbocycles. The summed E-state index contributed by atoms with van der Waals surface area (Å²) < 4.78 is 30.4. The van der Waals surface area contributed by atoms with Crippen LogP contribution >= 0.6 is 7.82 Å². The maximum Gasteiger partial charge on any atom is 0.306 e. The highest BCUT2D eigenvalue weighted by Crippen LogP contribution is 2.38. The molecule has 0 rings (SSSR count). The van der Waals surface area contributed by atoms with Crippen LogP contribution in [0.5, 0.6) is 0 Å². The highest BCUT2D eigenvalue weighted by Gasteiger charge is 2.27. The normalized spacial score (nSPS) is 13.9. The largest absolute Gasteiger partial charge is 0.756 e. The maximum atomic E-state index is 13.6. The van der Waals surface area contributed by atoms with E-state index in [1.54, 1.807) is 0 Å². The first-order valence-corrected chi connectivity index (χ1v) is 36.6. The Morgan fingerprint density at radius 3 is 1.12 bits per heavy atom. The van der Waals surface area contributed by atoms with Gasteiger partial charge in [-0.1, -0.05) is 287 Å². The molecule has 0 aromatic rings. The van der Waals surface area contributed by atoms with E-state index in [4.69, 9.17) is 13.8 Å². The summed E-state index contributed by atoms with van der Waals surface area (Å²) in [5.74, 6) is -0.532. The molecular formula is C72H135N2O7P. The van der Waals surface area contributed by atoms with Crippen LogP contribution in [0.15, 0.2) is 60.8 Å². The standard InChI is InChI=1S/C72H135N2O7P/c1-7-10-13-16-19-22-25-28-30-32-34-36-37-39-41-43-45-47-50-53-56-59-62-65-72(76)81-70(63-60-57-54-51-48-27-24-21-18-15-12-9-3)69(68-80-82(77,78)79-67-66-74(4,5)6)73-71(75)64-61-58-55-52-49-46-44-42-40-38-35-33-31-29-26-23-20-17-14-11-8-2/h19-20,22-23,28-31,60,63,69-70H,7-18,21,24-27,32-59,61-62,64-68H2,1-6H3,(H-,73,75,77,78)/b22-19-,23-20-,30-28-,31-29-,63-60+. The average Bonchev–Trinajstić information content (AvgIpc) is 3.44. The molecule has 82 heavy (non-hydrogen) atoms. The van der Waals surface area contributed by atoms with Gasteiger partial charge in [-0.3, -0.25) is 14.2 Å². The molecule has 0 fully saturated rings. The molecule has 1 amide bonds. The molecule has 0 bridgehead atoms. The molecule has 10 heteroatoms. The molecule has 3 unspecified atom stereocenters. The molecular weight excluding hydrogens is 1040 g/mol. The number of unbranched alkanes of at least 4 members (excludes halogenated alkanes) is 40. The summed E-state index contributed by atoms with van der Waals surface area (Å²) in [6.07, 6.45) is 79.1. The number of nitrogens with one attached hydrogen (secondary N) is 1. The van der Waals surface area contributed by atoms with Crippen LogP contribution in [0, 0.1) is 0 Å². The summed E-state index contributed by atoms with van der Waals surface area (Å²) in [7, 11) is 1.19. The van der Waals surface area contributed by atoms with E-state index in [1.807, 2.05) is 33.3 Å². The van der Waals surface area contributed by atoms with Crippen molar-refractivity contribution in [2.45, 2.75) is 348 Å². The lowest BCUT2D eigenvalue weighted by Crippen LogP contribution is -2.47. The Kier molecular flexibility index (Phi) is 60.1. The first-order chi connectivity index (χ1) is 39.9. The Bertz CT molecular complexity index is 1590. The van der Waals surface area contributed by atoms with Crippen LogP contribution in [0.4, 0.5) is 0 Å². The monoisotopic (exact) mass is 1170 g/mol. The van der Waals surface area contributed by atoms with E-state index in [1.165, 1.54) is 231 Å². The number of esters is 1. The summed E-state index contributed by atoms with van der Waals surface area (Å²) in [4.78, 5) is 40.2. The number of quaternary nitrogens is 1. The Morgan fingerprint density at radius 1 is 0.427 bits per heavy atom. The topological polar surface area (TPSA) is 114 Å². The van der Waals surface area contributed by atoms with Gasteiger partial charge in [-0.15, -0.1) is 0 Å². The van der Waals surface area contributed by atoms with Gasteiger partial charge in [0, 0.05) is 12.8 Å². The summed E-state index contributed by atoms with van der Waals surface area (Å²) >= 11 is 0. The van der Waals surface area contributed by atoms with Crippen molar-refractivity contribution in [1.82, 2.24) is 5.32 Å². The van der Waals surface area contributed by atoms with Crippen molar-refractivity contribution in [2.75, 3.05) is 40.9 Å². The zero-order valence-corrected chi connectivity index (χ0v) is 55.8. The van der Waals surface area contributed by atoms with Crippen molar-refractivity contribution in [2.24, 2.45) is 0 Å². The van der Waals surface area contributed by atoms with Crippen LogP contribution in [-0.2, 0) is 27.9 Å². The fourth-order valence-electron chi connectivity index (χ4n) is 10.2. The number of carbonyl (C=O) groups excluding carboxylic acids is 2. The lowest BCUT2D eigenvalue weighted by atomic mass is 10.0. The molecule has 0 aromatic heterocycles. The third kappa shape index (κ3) is 62.2. The highest BCUT2D eigenvalue weighted by molar-refractivity contribution is 7.45. The van der Waals surface area contributed by atoms with Crippen molar-refractivity contribution < 1.29 is 37.3 Å². The summed E-state index contributed by atoms with van der Waals surface area (Å²) in [5.41, 5.74) is 0. The van der Waals surface area contributed by atoms with Crippen LogP contribution in [0.1, 0.15) is 335 Å². The number of hydrogen-bond donors (Lipinski definition) is 1. The predicted octanol–water partition coefficient (Wildman–Crippen LogP) is 21.5. The smallest absolute Gasteiger partial charge is 0.306 e. The van der Waals surface area contributed by atoms with Gasteiger partial charge in [0.05, 0.1) is 33.8 Å². The van der Waals surface area contributed by atoms with Gasteiger partial charge in [0.2, 0.25) is 5.91 Å². The van der Waals surface area contributed by atoms with Crippen molar-refractivity contribution >= 4 is 19.7 Å². The van der Waals surface area contributed by atoms with Crippen molar-refractivity contribution in [1.29, 1.82) is 0 Å². The summed E-state index contributed by atoms with van der Waals surface area (Å²) in [6, 6.07) is -0.890. The number of nitrogens with zero attached hydrogens (tertiary/aromatic N) is 1. The van der Waals surface area contributed by atoms with Crippen molar-refractivity contribution in [3.63, 3.8) is 0 Å². The Balaban J connectivity index is 5.08. The number of phosphoric ester groups is 1. The van der Waals surface area contributed by atoms with Crippen molar-refractivity contribution in [3.8, 4) is 0 Å². The fraction of sp³-hybridized carbons (Fsp3) is 0.833. The Hall–Kier alpha value is -2.29. The van der Waals surface area contributed by atoms with Gasteiger partial charge in [0.1, 0.15) is 19.3 Å². The quantitative estimate of drug-likeness (QED) is 0.0212. The molecule has 0 radical (unpaired) electrons. The predicted molar refractivity (Wildman–Crippen MR) is 353 cm³/mol. The molecule has 480 valence electrons. The number of likely N-dealkylation sites (N-methyl/N-ethyl adjacent to an activating group) is 1. The van der Waals surface area contributed by atoms with E-state index in [-0.39, 0.29) is 31.5 Å². The van der Waals surface area contributed by atoms with Gasteiger partial charge in [-0.25, -0.2) is 0 Å². The van der Waals surface area contributed by atoms with Gasteiger partial charge in [-0.2, -0.15) is 0 Å². The number of carbonyl (C=O) groups is 2. The van der Waals surface area contributed by atoms with E-state index in [2.05, 4.69) is 74.7 Å². The van der Waals surface area contributed by atoms with Crippen LogP contribution in [0.3, 0.4) is 0 Å². The number of ether oxygens (including phenoxy) is 1. The van der Waals surface area contributed by atoms with Gasteiger partial charge in [0.15, 0.2) is 0 Å². The van der Waals surface area contributed by atoms with Crippen LogP contribution < -0.4 is 10.2 Å². The third-order valence-corrected chi connectivity index (χ3v) is 16.6. The Morgan fingerprint density at radius 2 is 0.744 bits per heavy atom. The second-order valence-electron chi connectivity index (χ2n) is 25.0. The highest BCUT2D eigenvalue weighted by atomic mass is 31.2. The first kappa shape index (κ1) is 79.7. The molecule has 0 aliphatic heterocycles. The van der Waals surface area contributed by atoms with Crippen LogP contribution in [-0.4, -0.2) is 69.4 Å². The lowest BCUT2D eigenvalue weighted by molar-refractivity contribution is -0.870. The van der Waals surface area contributed by atoms with Gasteiger partial charge in [-0.05, 0) is 96.0 Å². The van der Waals surface area contributed by atoms with Crippen LogP contribution in [0.25, 0.3) is 0 Å². The molecule has 1 N–H and O–H groups in total. The molecule has 0 spiro atoms. The lowest BCUT2D eigenvalue weighted by Gasteiger charge is -2.30. The third-order valence-electron chi connectivity index (χ3n) is 15.7. The number of phosphoric acid groups is 1. The molecule has 0 heterocycles. The number of amides is 1. The molecule has 3 atom stereocenters. The minimum Gasteiger partial charge on any atom is -0.756 e. The molecule has 0 aromatic carbocycles. The Labute approximate surface area is 509 Å². The zero-order valence-electron chi connectivity index (χ0n) is 54.9. The van der Waals surface area contributed by atoms with Gasteiger partial charge >= 0.3 is 5.97 Å². The SMILES string of the molecule is CCCCC/C=C\C/C=C\CCCCCCCCCCCCCCCC(=O)OC(/C=C/CCCCCCCCCCCC)C(COP(=O)([O-])OCC[N+](C)(C)C)NC(=O)CCCCCCCCCCCCC/C=C\C/C=C\CCCCC. The molecule has 0 saturated heterocycles. The average molecular weight is 1170 g/mol. The van der Waals surface area contributed by atoms with Crippen LogP contribution in [0.2, 0.25) is 0 Å². The molecule has 0 aliphatic rings. The molecule has 0 saturated carbocycles. The molecule has 9 nitrogen and oxygen atoms in total. The van der Waals surface area contributed by atoms with E-state index in [0.717, 1.165) is 70.6 Å². The summed E-state index contributed by atoms with van der Waals surface area (Å²) in [6.45, 7) is 6.83. The van der Waals surface area contributed by atoms with Crippen molar-refractivity contribution in [3.05, 3.63) is 60.8 Å². The minimum atomic E-state index is -4.70. The van der Waals surface area contributed by atoms with E-state index in [0.29, 0.717) is 17.4 Å². The number of hydrogen-bond acceptors (Lipinski definition) is 7. The van der Waals surface area contributed by atoms with E-state index >= 15 is 0 Å². The number of rotatable bonds is 64. The maximum absolute atomic E-state index is 13.6. The van der Waals surface area contributed by atoms with E-state index in [9.17, 15) is 19.0 Å². The first-order valence-electron chi connectivity index (χ1n) is 35.1. The summed E-state index contributed by atoms with van der Waals surface area (Å²) in [5, 5.41) is 3.04. The zero-order chi connectivity index (χ0) is 60.0. The number of allylic oxidation sites excluding steroid dienone is 9. The fourth-order valence-corrected chi connectivity index (χ4v) is 11.0. The second-order valence-corrected chi connectivity index (χ2v) is 26.4.